The number of aryl methyl sites for hydroxylation is 3. The van der Waals surface area contributed by atoms with Gasteiger partial charge in [-0.25, -0.2) is 0 Å². The van der Waals surface area contributed by atoms with Gasteiger partial charge in [-0.05, 0) is 50.1 Å². The Bertz CT molecular complexity index is 641. The van der Waals surface area contributed by atoms with E-state index in [4.69, 9.17) is 23.2 Å². The molecule has 0 saturated heterocycles. The van der Waals surface area contributed by atoms with Gasteiger partial charge >= 0.3 is 0 Å². The van der Waals surface area contributed by atoms with E-state index in [1.54, 1.807) is 12.1 Å². The maximum atomic E-state index is 5.95. The zero-order chi connectivity index (χ0) is 14.7. The van der Waals surface area contributed by atoms with Gasteiger partial charge in [-0.2, -0.15) is 5.10 Å². The average Bonchev–Trinajstić information content (AvgIpc) is 2.36. The van der Waals surface area contributed by atoms with E-state index in [9.17, 15) is 0 Å². The first-order valence-corrected chi connectivity index (χ1v) is 7.05. The van der Waals surface area contributed by atoms with Crippen molar-refractivity contribution in [2.45, 2.75) is 20.8 Å². The van der Waals surface area contributed by atoms with Crippen molar-refractivity contribution in [2.24, 2.45) is 5.10 Å². The summed E-state index contributed by atoms with van der Waals surface area (Å²) in [6.45, 7) is 6.26. The molecular formula is C16H16Cl2N2. The molecule has 0 aliphatic heterocycles. The predicted octanol–water partition coefficient (Wildman–Crippen LogP) is 5.36. The summed E-state index contributed by atoms with van der Waals surface area (Å²) >= 11 is 11.8. The van der Waals surface area contributed by atoms with Gasteiger partial charge in [-0.1, -0.05) is 40.9 Å². The Morgan fingerprint density at radius 3 is 2.20 bits per heavy atom. The molecule has 2 nitrogen and oxygen atoms in total. The third-order valence-corrected chi connectivity index (χ3v) is 3.78. The van der Waals surface area contributed by atoms with E-state index in [0.717, 1.165) is 11.3 Å². The zero-order valence-corrected chi connectivity index (χ0v) is 13.2. The highest BCUT2D eigenvalue weighted by atomic mass is 35.5. The number of hydrogen-bond acceptors (Lipinski definition) is 2. The van der Waals surface area contributed by atoms with Crippen LogP contribution in [0.5, 0.6) is 0 Å². The maximum Gasteiger partial charge on any atom is 0.0613 e. The number of hydrazone groups is 1. The predicted molar refractivity (Wildman–Crippen MR) is 88.3 cm³/mol. The molecule has 0 heterocycles. The van der Waals surface area contributed by atoms with Crippen molar-refractivity contribution in [1.29, 1.82) is 0 Å². The maximum absolute atomic E-state index is 5.95. The summed E-state index contributed by atoms with van der Waals surface area (Å²) in [5, 5.41) is 5.30. The molecule has 4 heteroatoms. The Morgan fingerprint density at radius 2 is 1.60 bits per heavy atom. The normalized spacial score (nSPS) is 11.1. The SMILES string of the molecule is Cc1cc(C)c(/C=N/Nc2ccc(Cl)c(Cl)c2)c(C)c1. The molecule has 20 heavy (non-hydrogen) atoms. The monoisotopic (exact) mass is 306 g/mol. The van der Waals surface area contributed by atoms with Gasteiger partial charge in [0.05, 0.1) is 21.9 Å². The lowest BCUT2D eigenvalue weighted by molar-refractivity contribution is 1.29. The quantitative estimate of drug-likeness (QED) is 0.598. The van der Waals surface area contributed by atoms with Gasteiger partial charge in [0, 0.05) is 5.56 Å². The first kappa shape index (κ1) is 14.9. The number of nitrogens with one attached hydrogen (secondary N) is 1. The number of hydrogen-bond donors (Lipinski definition) is 1. The lowest BCUT2D eigenvalue weighted by Crippen LogP contribution is -1.96. The number of anilines is 1. The number of rotatable bonds is 3. The van der Waals surface area contributed by atoms with Crippen molar-refractivity contribution >= 4 is 35.1 Å². The van der Waals surface area contributed by atoms with Crippen LogP contribution in [-0.4, -0.2) is 6.21 Å². The highest BCUT2D eigenvalue weighted by Gasteiger charge is 2.01. The third-order valence-electron chi connectivity index (χ3n) is 3.04. The summed E-state index contributed by atoms with van der Waals surface area (Å²) in [5.41, 5.74) is 8.57. The van der Waals surface area contributed by atoms with Gasteiger partial charge in [0.1, 0.15) is 0 Å². The second kappa shape index (κ2) is 6.29. The van der Waals surface area contributed by atoms with Crippen molar-refractivity contribution in [3.05, 3.63) is 62.6 Å². The third kappa shape index (κ3) is 3.53. The minimum absolute atomic E-state index is 0.509. The summed E-state index contributed by atoms with van der Waals surface area (Å²) in [6.07, 6.45) is 1.83. The average molecular weight is 307 g/mol. The summed E-state index contributed by atoms with van der Waals surface area (Å²) < 4.78 is 0. The fraction of sp³-hybridized carbons (Fsp3) is 0.188. The second-order valence-corrected chi connectivity index (χ2v) is 5.63. The molecule has 0 amide bonds. The van der Waals surface area contributed by atoms with Gasteiger partial charge in [-0.3, -0.25) is 5.43 Å². The van der Waals surface area contributed by atoms with E-state index in [-0.39, 0.29) is 0 Å². The second-order valence-electron chi connectivity index (χ2n) is 4.81. The van der Waals surface area contributed by atoms with Crippen LogP contribution < -0.4 is 5.43 Å². The van der Waals surface area contributed by atoms with Crippen molar-refractivity contribution < 1.29 is 0 Å². The lowest BCUT2D eigenvalue weighted by Gasteiger charge is -2.07. The summed E-state index contributed by atoms with van der Waals surface area (Å²) in [5.74, 6) is 0. The molecule has 1 N–H and O–H groups in total. The van der Waals surface area contributed by atoms with Crippen LogP contribution in [0.25, 0.3) is 0 Å². The smallest absolute Gasteiger partial charge is 0.0613 e. The zero-order valence-electron chi connectivity index (χ0n) is 11.7. The lowest BCUT2D eigenvalue weighted by atomic mass is 10.0. The van der Waals surface area contributed by atoms with E-state index in [2.05, 4.69) is 43.4 Å². The molecule has 0 fully saturated rings. The molecule has 104 valence electrons. The molecule has 0 atom stereocenters. The number of nitrogens with zero attached hydrogens (tertiary/aromatic N) is 1. The molecule has 2 aromatic carbocycles. The molecule has 0 aliphatic rings. The first-order valence-electron chi connectivity index (χ1n) is 6.29. The Kier molecular flexibility index (Phi) is 4.69. The number of halogens is 2. The van der Waals surface area contributed by atoms with Gasteiger partial charge < -0.3 is 0 Å². The first-order chi connectivity index (χ1) is 9.47. The number of benzene rings is 2. The van der Waals surface area contributed by atoms with E-state index >= 15 is 0 Å². The van der Waals surface area contributed by atoms with E-state index < -0.39 is 0 Å². The fourth-order valence-corrected chi connectivity index (χ4v) is 2.43. The Balaban J connectivity index is 2.16. The molecule has 0 bridgehead atoms. The topological polar surface area (TPSA) is 24.4 Å². The summed E-state index contributed by atoms with van der Waals surface area (Å²) in [4.78, 5) is 0. The molecule has 2 aromatic rings. The molecule has 2 rings (SSSR count). The van der Waals surface area contributed by atoms with Gasteiger partial charge in [0.25, 0.3) is 0 Å². The molecule has 0 saturated carbocycles. The van der Waals surface area contributed by atoms with Crippen LogP contribution in [0.4, 0.5) is 5.69 Å². The van der Waals surface area contributed by atoms with Gasteiger partial charge in [0.2, 0.25) is 0 Å². The largest absolute Gasteiger partial charge is 0.278 e. The van der Waals surface area contributed by atoms with Crippen molar-refractivity contribution in [1.82, 2.24) is 0 Å². The molecule has 0 spiro atoms. The van der Waals surface area contributed by atoms with E-state index in [1.807, 2.05) is 12.3 Å². The minimum atomic E-state index is 0.509. The Labute approximate surface area is 129 Å². The van der Waals surface area contributed by atoms with Crippen LogP contribution in [-0.2, 0) is 0 Å². The van der Waals surface area contributed by atoms with Crippen LogP contribution in [0.15, 0.2) is 35.4 Å². The molecule has 0 aliphatic carbocycles. The van der Waals surface area contributed by atoms with Crippen LogP contribution in [0.1, 0.15) is 22.3 Å². The van der Waals surface area contributed by atoms with Crippen molar-refractivity contribution in [2.75, 3.05) is 5.43 Å². The highest BCUT2D eigenvalue weighted by molar-refractivity contribution is 6.42. The molecular weight excluding hydrogens is 291 g/mol. The van der Waals surface area contributed by atoms with Crippen LogP contribution in [0.3, 0.4) is 0 Å². The molecule has 0 unspecified atom stereocenters. The fourth-order valence-electron chi connectivity index (χ4n) is 2.13. The highest BCUT2D eigenvalue weighted by Crippen LogP contribution is 2.25. The molecule has 0 radical (unpaired) electrons. The van der Waals surface area contributed by atoms with Crippen molar-refractivity contribution in [3.63, 3.8) is 0 Å². The van der Waals surface area contributed by atoms with E-state index in [0.29, 0.717) is 10.0 Å². The summed E-state index contributed by atoms with van der Waals surface area (Å²) in [6, 6.07) is 9.61. The van der Waals surface area contributed by atoms with Gasteiger partial charge in [0.15, 0.2) is 0 Å². The van der Waals surface area contributed by atoms with Crippen molar-refractivity contribution in [3.8, 4) is 0 Å². The van der Waals surface area contributed by atoms with Crippen LogP contribution in [0, 0.1) is 20.8 Å². The standard InChI is InChI=1S/C16H16Cl2N2/c1-10-6-11(2)14(12(3)7-10)9-19-20-13-4-5-15(17)16(18)8-13/h4-9,20H,1-3H3/b19-9+. The van der Waals surface area contributed by atoms with Crippen LogP contribution in [0.2, 0.25) is 10.0 Å². The summed E-state index contributed by atoms with van der Waals surface area (Å²) in [7, 11) is 0. The van der Waals surface area contributed by atoms with Crippen LogP contribution >= 0.6 is 23.2 Å². The Morgan fingerprint density at radius 1 is 0.950 bits per heavy atom. The minimum Gasteiger partial charge on any atom is -0.278 e. The molecule has 0 aromatic heterocycles. The van der Waals surface area contributed by atoms with E-state index in [1.165, 1.54) is 16.7 Å². The van der Waals surface area contributed by atoms with Gasteiger partial charge in [-0.15, -0.1) is 0 Å². The Hall–Kier alpha value is -1.51.